The lowest BCUT2D eigenvalue weighted by Crippen LogP contribution is -2.01. The Morgan fingerprint density at radius 1 is 1.31 bits per heavy atom. The maximum Gasteiger partial charge on any atom is 0.176 e. The highest BCUT2D eigenvalue weighted by molar-refractivity contribution is 7.90. The minimum atomic E-state index is -3.22. The first-order chi connectivity index (χ1) is 7.48. The van der Waals surface area contributed by atoms with E-state index in [4.69, 9.17) is 11.6 Å². The number of allylic oxidation sites excluding steroid dienone is 4. The molecule has 83 valence electrons. The molecule has 4 heteroatoms. The van der Waals surface area contributed by atoms with E-state index in [9.17, 15) is 8.42 Å². The summed E-state index contributed by atoms with van der Waals surface area (Å²) >= 11 is 5.83. The first-order valence-corrected chi connectivity index (χ1v) is 7.03. The van der Waals surface area contributed by atoms with Crippen molar-refractivity contribution in [1.82, 2.24) is 0 Å². The van der Waals surface area contributed by atoms with Crippen molar-refractivity contribution >= 4 is 27.0 Å². The van der Waals surface area contributed by atoms with Crippen molar-refractivity contribution in [3.63, 3.8) is 0 Å². The molecule has 16 heavy (non-hydrogen) atoms. The molecule has 0 bridgehead atoms. The third-order valence-corrected chi connectivity index (χ3v) is 3.74. The Kier molecular flexibility index (Phi) is 2.91. The molecule has 0 heterocycles. The van der Waals surface area contributed by atoms with E-state index in [0.717, 1.165) is 5.57 Å². The van der Waals surface area contributed by atoms with Gasteiger partial charge in [0.1, 0.15) is 0 Å². The second-order valence-electron chi connectivity index (χ2n) is 3.62. The van der Waals surface area contributed by atoms with Crippen molar-refractivity contribution in [3.8, 4) is 0 Å². The fourth-order valence-corrected chi connectivity index (χ4v) is 2.71. The number of sulfone groups is 1. The van der Waals surface area contributed by atoms with Crippen LogP contribution in [0.25, 0.3) is 5.57 Å². The molecule has 0 amide bonds. The number of rotatable bonds is 2. The van der Waals surface area contributed by atoms with Crippen molar-refractivity contribution in [2.75, 3.05) is 6.26 Å². The largest absolute Gasteiger partial charge is 0.224 e. The zero-order chi connectivity index (χ0) is 11.8. The van der Waals surface area contributed by atoms with Crippen LogP contribution in [0.15, 0.2) is 40.3 Å². The van der Waals surface area contributed by atoms with Gasteiger partial charge in [-0.2, -0.15) is 0 Å². The predicted octanol–water partition coefficient (Wildman–Crippen LogP) is 2.80. The Balaban J connectivity index is 2.59. The van der Waals surface area contributed by atoms with Gasteiger partial charge in [-0.05, 0) is 11.6 Å². The Morgan fingerprint density at radius 2 is 2.00 bits per heavy atom. The van der Waals surface area contributed by atoms with Crippen molar-refractivity contribution < 1.29 is 8.42 Å². The normalized spacial score (nSPS) is 15.9. The molecule has 1 radical (unpaired) electrons. The molecule has 2 nitrogen and oxygen atoms in total. The second kappa shape index (κ2) is 4.07. The van der Waals surface area contributed by atoms with Crippen LogP contribution in [-0.4, -0.2) is 14.7 Å². The maximum absolute atomic E-state index is 11.6. The van der Waals surface area contributed by atoms with E-state index in [2.05, 4.69) is 6.08 Å². The van der Waals surface area contributed by atoms with Crippen LogP contribution in [0.2, 0.25) is 0 Å². The zero-order valence-electron chi connectivity index (χ0n) is 8.70. The van der Waals surface area contributed by atoms with Gasteiger partial charge in [-0.1, -0.05) is 35.9 Å². The molecule has 0 aliphatic heterocycles. The molecular formula is C12H10ClO2S. The Labute approximate surface area is 100 Å². The minimum Gasteiger partial charge on any atom is -0.224 e. The van der Waals surface area contributed by atoms with Crippen molar-refractivity contribution in [2.45, 2.75) is 11.3 Å². The summed E-state index contributed by atoms with van der Waals surface area (Å²) in [4.78, 5) is 0.320. The van der Waals surface area contributed by atoms with Crippen LogP contribution in [0.4, 0.5) is 0 Å². The molecule has 0 atom stereocenters. The van der Waals surface area contributed by atoms with Gasteiger partial charge in [0.25, 0.3) is 0 Å². The highest BCUT2D eigenvalue weighted by atomic mass is 35.5. The van der Waals surface area contributed by atoms with Crippen LogP contribution in [0.3, 0.4) is 0 Å². The highest BCUT2D eigenvalue weighted by Crippen LogP contribution is 2.30. The lowest BCUT2D eigenvalue weighted by Gasteiger charge is -2.06. The van der Waals surface area contributed by atoms with Gasteiger partial charge in [0.05, 0.1) is 4.90 Å². The Bertz CT molecular complexity index is 583. The fraction of sp³-hybridized carbons (Fsp3) is 0.167. The molecule has 0 unspecified atom stereocenters. The van der Waals surface area contributed by atoms with Crippen LogP contribution in [0, 0.1) is 6.08 Å². The molecule has 1 aromatic rings. The molecule has 0 saturated heterocycles. The van der Waals surface area contributed by atoms with E-state index in [1.54, 1.807) is 24.3 Å². The quantitative estimate of drug-likeness (QED) is 0.812. The molecule has 1 aliphatic rings. The molecule has 0 fully saturated rings. The molecule has 0 saturated carbocycles. The maximum atomic E-state index is 11.6. The number of hydrogen-bond acceptors (Lipinski definition) is 2. The highest BCUT2D eigenvalue weighted by Gasteiger charge is 2.16. The molecule has 1 aliphatic carbocycles. The van der Waals surface area contributed by atoms with E-state index < -0.39 is 9.84 Å². The topological polar surface area (TPSA) is 34.1 Å². The third-order valence-electron chi connectivity index (χ3n) is 2.33. The molecular weight excluding hydrogens is 244 g/mol. The van der Waals surface area contributed by atoms with Crippen LogP contribution >= 0.6 is 11.6 Å². The van der Waals surface area contributed by atoms with Gasteiger partial charge in [-0.15, -0.1) is 0 Å². The van der Waals surface area contributed by atoms with Gasteiger partial charge < -0.3 is 0 Å². The van der Waals surface area contributed by atoms with Crippen molar-refractivity contribution in [2.24, 2.45) is 0 Å². The predicted molar refractivity (Wildman–Crippen MR) is 64.8 cm³/mol. The van der Waals surface area contributed by atoms with Gasteiger partial charge in [0.15, 0.2) is 9.84 Å². The van der Waals surface area contributed by atoms with Crippen molar-refractivity contribution in [1.29, 1.82) is 0 Å². The van der Waals surface area contributed by atoms with E-state index in [1.807, 2.05) is 6.08 Å². The molecule has 0 spiro atoms. The summed E-state index contributed by atoms with van der Waals surface area (Å²) in [7, 11) is -3.22. The summed E-state index contributed by atoms with van der Waals surface area (Å²) in [6.07, 6.45) is 6.66. The summed E-state index contributed by atoms with van der Waals surface area (Å²) in [6.45, 7) is 0. The fourth-order valence-electron chi connectivity index (χ4n) is 1.63. The molecule has 0 N–H and O–H groups in total. The minimum absolute atomic E-state index is 0.320. The smallest absolute Gasteiger partial charge is 0.176 e. The lowest BCUT2D eigenvalue weighted by molar-refractivity contribution is 0.601. The standard InChI is InChI=1S/C12H10ClO2S/c1-16(14,15)12-5-3-2-4-11(12)9-6-7-10(13)8-9/h2-6H,7H2,1H3. The summed E-state index contributed by atoms with van der Waals surface area (Å²) < 4.78 is 23.2. The van der Waals surface area contributed by atoms with E-state index in [-0.39, 0.29) is 0 Å². The SMILES string of the molecule is CS(=O)(=O)c1ccccc1C1=CCC(Cl)=[C]1. The molecule has 2 rings (SSSR count). The first-order valence-electron chi connectivity index (χ1n) is 4.76. The van der Waals surface area contributed by atoms with Gasteiger partial charge in [-0.25, -0.2) is 8.42 Å². The number of benzene rings is 1. The van der Waals surface area contributed by atoms with Gasteiger partial charge in [-0.3, -0.25) is 0 Å². The van der Waals surface area contributed by atoms with Crippen LogP contribution in [0.5, 0.6) is 0 Å². The van der Waals surface area contributed by atoms with E-state index in [1.165, 1.54) is 6.26 Å². The van der Waals surface area contributed by atoms with Gasteiger partial charge in [0.2, 0.25) is 0 Å². The zero-order valence-corrected chi connectivity index (χ0v) is 10.3. The summed E-state index contributed by atoms with van der Waals surface area (Å²) in [5.74, 6) is 0. The third kappa shape index (κ3) is 2.20. The van der Waals surface area contributed by atoms with Crippen molar-refractivity contribution in [3.05, 3.63) is 47.0 Å². The molecule has 0 aromatic heterocycles. The monoisotopic (exact) mass is 253 g/mol. The summed E-state index contributed by atoms with van der Waals surface area (Å²) in [5, 5.41) is 0.610. The van der Waals surface area contributed by atoms with Gasteiger partial charge >= 0.3 is 0 Å². The summed E-state index contributed by atoms with van der Waals surface area (Å²) in [5.41, 5.74) is 1.42. The number of hydrogen-bond donors (Lipinski definition) is 0. The second-order valence-corrected chi connectivity index (χ2v) is 6.06. The van der Waals surface area contributed by atoms with Crippen LogP contribution < -0.4 is 0 Å². The van der Waals surface area contributed by atoms with Crippen LogP contribution in [0.1, 0.15) is 12.0 Å². The first kappa shape index (κ1) is 11.4. The van der Waals surface area contributed by atoms with E-state index >= 15 is 0 Å². The van der Waals surface area contributed by atoms with Crippen LogP contribution in [-0.2, 0) is 9.84 Å². The average Bonchev–Trinajstić information content (AvgIpc) is 2.64. The Hall–Kier alpha value is -1.06. The summed E-state index contributed by atoms with van der Waals surface area (Å²) in [6, 6.07) is 6.88. The Morgan fingerprint density at radius 3 is 2.56 bits per heavy atom. The number of halogens is 1. The van der Waals surface area contributed by atoms with E-state index in [0.29, 0.717) is 21.9 Å². The lowest BCUT2D eigenvalue weighted by atomic mass is 10.1. The molecule has 1 aromatic carbocycles. The average molecular weight is 254 g/mol. The van der Waals surface area contributed by atoms with Gasteiger partial charge in [0, 0.05) is 29.3 Å².